The Labute approximate surface area is 212 Å². The molecule has 0 aromatic carbocycles. The van der Waals surface area contributed by atoms with Gasteiger partial charge in [0.25, 0.3) is 0 Å². The molecule has 0 spiro atoms. The highest BCUT2D eigenvalue weighted by Gasteiger charge is 2.27. The Kier molecular flexibility index (Phi) is 7.24. The van der Waals surface area contributed by atoms with E-state index >= 15 is 0 Å². The van der Waals surface area contributed by atoms with Gasteiger partial charge in [0.2, 0.25) is 23.7 Å². The average molecular weight is 496 g/mol. The lowest BCUT2D eigenvalue weighted by molar-refractivity contribution is 0.207. The summed E-state index contributed by atoms with van der Waals surface area (Å²) in [5.74, 6) is 2.71. The average Bonchev–Trinajstić information content (AvgIpc) is 3.64. The maximum Gasteiger partial charge on any atom is 0.322 e. The fourth-order valence-corrected chi connectivity index (χ4v) is 5.13. The standard InChI is InChI=1S/C25H37N9O2/c1-4-19-17-20(21(36-3)26-18(19)2)27-25(35)34-15-13-33(14-16-34)24-29-22(31-9-5-6-10-31)28-23(30-24)32-11-7-8-12-32/h17H,4-16H2,1-3H3,(H,27,35). The molecule has 5 heterocycles. The highest BCUT2D eigenvalue weighted by atomic mass is 16.5. The first-order valence-electron chi connectivity index (χ1n) is 13.2. The van der Waals surface area contributed by atoms with Crippen LogP contribution in [0.4, 0.5) is 28.3 Å². The molecule has 3 aliphatic heterocycles. The maximum atomic E-state index is 13.1. The number of rotatable bonds is 6. The van der Waals surface area contributed by atoms with Crippen molar-refractivity contribution >= 4 is 29.6 Å². The summed E-state index contributed by atoms with van der Waals surface area (Å²) >= 11 is 0. The molecule has 0 atom stereocenters. The normalized spacial score (nSPS) is 18.2. The Morgan fingerprint density at radius 3 is 1.81 bits per heavy atom. The minimum Gasteiger partial charge on any atom is -0.480 e. The van der Waals surface area contributed by atoms with Gasteiger partial charge in [0, 0.05) is 58.1 Å². The second-order valence-electron chi connectivity index (χ2n) is 9.67. The fourth-order valence-electron chi connectivity index (χ4n) is 5.13. The van der Waals surface area contributed by atoms with E-state index in [4.69, 9.17) is 19.7 Å². The fraction of sp³-hybridized carbons (Fsp3) is 0.640. The second-order valence-corrected chi connectivity index (χ2v) is 9.67. The van der Waals surface area contributed by atoms with Crippen LogP contribution < -0.4 is 24.8 Å². The number of urea groups is 1. The van der Waals surface area contributed by atoms with E-state index < -0.39 is 0 Å². The van der Waals surface area contributed by atoms with Gasteiger partial charge in [0.15, 0.2) is 0 Å². The van der Waals surface area contributed by atoms with Crippen LogP contribution in [-0.4, -0.2) is 90.3 Å². The molecule has 3 saturated heterocycles. The van der Waals surface area contributed by atoms with Crippen molar-refractivity contribution in [3.63, 3.8) is 0 Å². The second kappa shape index (κ2) is 10.7. The maximum absolute atomic E-state index is 13.1. The molecule has 11 heteroatoms. The minimum absolute atomic E-state index is 0.146. The lowest BCUT2D eigenvalue weighted by atomic mass is 10.1. The number of amides is 2. The molecule has 36 heavy (non-hydrogen) atoms. The first-order valence-corrected chi connectivity index (χ1v) is 13.2. The summed E-state index contributed by atoms with van der Waals surface area (Å²) in [7, 11) is 1.57. The lowest BCUT2D eigenvalue weighted by Crippen LogP contribution is -2.50. The zero-order valence-corrected chi connectivity index (χ0v) is 21.7. The van der Waals surface area contributed by atoms with Crippen LogP contribution >= 0.6 is 0 Å². The Morgan fingerprint density at radius 2 is 1.33 bits per heavy atom. The molecule has 5 rings (SSSR count). The van der Waals surface area contributed by atoms with Gasteiger partial charge in [-0.05, 0) is 50.7 Å². The van der Waals surface area contributed by atoms with Gasteiger partial charge in [-0.1, -0.05) is 6.92 Å². The Morgan fingerprint density at radius 1 is 0.833 bits per heavy atom. The summed E-state index contributed by atoms with van der Waals surface area (Å²) in [6, 6.07) is 1.81. The van der Waals surface area contributed by atoms with E-state index in [1.54, 1.807) is 7.11 Å². The van der Waals surface area contributed by atoms with E-state index in [1.165, 1.54) is 25.7 Å². The SMILES string of the molecule is CCc1cc(NC(=O)N2CCN(c3nc(N4CCCC4)nc(N4CCCC4)n3)CC2)c(OC)nc1C. The van der Waals surface area contributed by atoms with Gasteiger partial charge in [-0.15, -0.1) is 0 Å². The number of methoxy groups -OCH3 is 1. The predicted molar refractivity (Wildman–Crippen MR) is 140 cm³/mol. The molecule has 3 fully saturated rings. The summed E-state index contributed by atoms with van der Waals surface area (Å²) < 4.78 is 5.41. The van der Waals surface area contributed by atoms with Crippen molar-refractivity contribution in [3.8, 4) is 5.88 Å². The van der Waals surface area contributed by atoms with E-state index in [1.807, 2.05) is 17.9 Å². The first kappa shape index (κ1) is 24.3. The number of anilines is 4. The Bertz CT molecular complexity index is 1040. The number of ether oxygens (including phenoxy) is 1. The molecule has 0 unspecified atom stereocenters. The van der Waals surface area contributed by atoms with Crippen molar-refractivity contribution in [2.45, 2.75) is 46.0 Å². The van der Waals surface area contributed by atoms with Crippen LogP contribution in [0.5, 0.6) is 5.88 Å². The van der Waals surface area contributed by atoms with Crippen LogP contribution in [0.25, 0.3) is 0 Å². The van der Waals surface area contributed by atoms with E-state index in [9.17, 15) is 4.79 Å². The number of carbonyl (C=O) groups is 1. The van der Waals surface area contributed by atoms with Gasteiger partial charge in [0.1, 0.15) is 5.69 Å². The van der Waals surface area contributed by atoms with Gasteiger partial charge in [-0.25, -0.2) is 9.78 Å². The monoisotopic (exact) mass is 495 g/mol. The van der Waals surface area contributed by atoms with Crippen LogP contribution in [-0.2, 0) is 6.42 Å². The highest BCUT2D eigenvalue weighted by Crippen LogP contribution is 2.27. The predicted octanol–water partition coefficient (Wildman–Crippen LogP) is 2.70. The molecular weight excluding hydrogens is 458 g/mol. The van der Waals surface area contributed by atoms with Gasteiger partial charge < -0.3 is 29.7 Å². The van der Waals surface area contributed by atoms with Crippen molar-refractivity contribution in [2.75, 3.05) is 79.5 Å². The molecular formula is C25H37N9O2. The number of aromatic nitrogens is 4. The largest absolute Gasteiger partial charge is 0.480 e. The van der Waals surface area contributed by atoms with Gasteiger partial charge in [-0.2, -0.15) is 15.0 Å². The number of carbonyl (C=O) groups excluding carboxylic acids is 1. The van der Waals surface area contributed by atoms with Crippen LogP contribution in [0.1, 0.15) is 43.9 Å². The topological polar surface area (TPSA) is 103 Å². The smallest absolute Gasteiger partial charge is 0.322 e. The van der Waals surface area contributed by atoms with Crippen molar-refractivity contribution in [3.05, 3.63) is 17.3 Å². The van der Waals surface area contributed by atoms with E-state index in [-0.39, 0.29) is 6.03 Å². The zero-order valence-electron chi connectivity index (χ0n) is 21.7. The zero-order chi connectivity index (χ0) is 25.1. The van der Waals surface area contributed by atoms with Crippen LogP contribution in [0.3, 0.4) is 0 Å². The van der Waals surface area contributed by atoms with Crippen LogP contribution in [0.2, 0.25) is 0 Å². The number of pyridine rings is 1. The Balaban J connectivity index is 1.27. The van der Waals surface area contributed by atoms with Crippen LogP contribution in [0.15, 0.2) is 6.07 Å². The van der Waals surface area contributed by atoms with E-state index in [0.717, 1.165) is 55.8 Å². The molecule has 0 radical (unpaired) electrons. The van der Waals surface area contributed by atoms with Crippen molar-refractivity contribution in [2.24, 2.45) is 0 Å². The van der Waals surface area contributed by atoms with Gasteiger partial charge in [-0.3, -0.25) is 0 Å². The minimum atomic E-state index is -0.146. The molecule has 0 bridgehead atoms. The third kappa shape index (κ3) is 5.10. The summed E-state index contributed by atoms with van der Waals surface area (Å²) in [6.07, 6.45) is 5.54. The Hall–Kier alpha value is -3.37. The summed E-state index contributed by atoms with van der Waals surface area (Å²) in [5, 5.41) is 3.01. The first-order chi connectivity index (χ1) is 17.6. The number of piperazine rings is 1. The molecule has 11 nitrogen and oxygen atoms in total. The number of hydrogen-bond donors (Lipinski definition) is 1. The van der Waals surface area contributed by atoms with Crippen molar-refractivity contribution < 1.29 is 9.53 Å². The summed E-state index contributed by atoms with van der Waals surface area (Å²) in [5.41, 5.74) is 2.61. The van der Waals surface area contributed by atoms with E-state index in [2.05, 4.69) is 31.9 Å². The van der Waals surface area contributed by atoms with Gasteiger partial charge >= 0.3 is 6.03 Å². The molecule has 2 amide bonds. The van der Waals surface area contributed by atoms with E-state index in [0.29, 0.717) is 43.7 Å². The number of nitrogens with zero attached hydrogens (tertiary/aromatic N) is 8. The number of nitrogens with one attached hydrogen (secondary N) is 1. The van der Waals surface area contributed by atoms with Crippen LogP contribution in [0, 0.1) is 6.92 Å². The quantitative estimate of drug-likeness (QED) is 0.648. The molecule has 0 saturated carbocycles. The number of hydrogen-bond acceptors (Lipinski definition) is 9. The molecule has 1 N–H and O–H groups in total. The van der Waals surface area contributed by atoms with Crippen molar-refractivity contribution in [1.82, 2.24) is 24.8 Å². The molecule has 2 aromatic heterocycles. The highest BCUT2D eigenvalue weighted by molar-refractivity contribution is 5.91. The number of aryl methyl sites for hydroxylation is 2. The molecule has 2 aromatic rings. The molecule has 3 aliphatic rings. The third-order valence-electron chi connectivity index (χ3n) is 7.33. The molecule has 194 valence electrons. The van der Waals surface area contributed by atoms with Gasteiger partial charge in [0.05, 0.1) is 7.11 Å². The summed E-state index contributed by atoms with van der Waals surface area (Å²) in [6.45, 7) is 10.5. The lowest BCUT2D eigenvalue weighted by Gasteiger charge is -2.35. The summed E-state index contributed by atoms with van der Waals surface area (Å²) in [4.78, 5) is 40.7. The van der Waals surface area contributed by atoms with Crippen molar-refractivity contribution in [1.29, 1.82) is 0 Å². The molecule has 0 aliphatic carbocycles. The third-order valence-corrected chi connectivity index (χ3v) is 7.33.